The summed E-state index contributed by atoms with van der Waals surface area (Å²) in [6.45, 7) is 4.43. The number of carbonyl (C=O) groups is 1. The van der Waals surface area contributed by atoms with Crippen LogP contribution in [0.2, 0.25) is 0 Å². The first-order chi connectivity index (χ1) is 17.4. The van der Waals surface area contributed by atoms with Gasteiger partial charge in [-0.05, 0) is 72.1 Å². The summed E-state index contributed by atoms with van der Waals surface area (Å²) in [7, 11) is -4.21. The summed E-state index contributed by atoms with van der Waals surface area (Å²) in [6.07, 6.45) is -4.54. The van der Waals surface area contributed by atoms with Gasteiger partial charge < -0.3 is 9.84 Å². The molecule has 0 atom stereocenters. The van der Waals surface area contributed by atoms with Gasteiger partial charge in [-0.2, -0.15) is 13.2 Å². The Bertz CT molecular complexity index is 1540. The first kappa shape index (κ1) is 26.3. The molecule has 4 rings (SSSR count). The second-order valence-corrected chi connectivity index (χ2v) is 10.8. The van der Waals surface area contributed by atoms with Gasteiger partial charge in [0.1, 0.15) is 5.75 Å². The molecule has 0 aliphatic heterocycles. The van der Waals surface area contributed by atoms with Crippen LogP contribution in [0.3, 0.4) is 0 Å². The first-order valence-electron chi connectivity index (χ1n) is 11.4. The minimum Gasteiger partial charge on any atom is -0.493 e. The lowest BCUT2D eigenvalue weighted by molar-refractivity contribution is -0.137. The van der Waals surface area contributed by atoms with E-state index in [9.17, 15) is 26.4 Å². The molecular weight excluding hydrogens is 507 g/mol. The van der Waals surface area contributed by atoms with E-state index < -0.39 is 27.7 Å². The third-order valence-electron chi connectivity index (χ3n) is 5.69. The van der Waals surface area contributed by atoms with Gasteiger partial charge in [0.05, 0.1) is 28.1 Å². The van der Waals surface area contributed by atoms with E-state index in [0.29, 0.717) is 17.9 Å². The molecule has 0 amide bonds. The zero-order chi connectivity index (χ0) is 27.0. The van der Waals surface area contributed by atoms with Crippen LogP contribution in [0.1, 0.15) is 41.0 Å². The van der Waals surface area contributed by atoms with Gasteiger partial charge in [0.15, 0.2) is 0 Å². The molecule has 1 N–H and O–H groups in total. The maximum atomic E-state index is 13.7. The first-order valence-corrected chi connectivity index (χ1v) is 12.8. The number of aromatic carboxylic acids is 1. The highest BCUT2D eigenvalue weighted by Crippen LogP contribution is 2.34. The topological polar surface area (TPSA) is 85.6 Å². The standard InChI is InChI=1S/C27H24F3NO5S/c1-17(2)16-36-23-8-10-24(11-9-23)37(34,35)31-22(13-18-3-5-19(6-4-18)26(32)33)15-20-14-21(27(28,29)30)7-12-25(20)31/h3-12,14-15,17H,13,16H2,1-2H3,(H,32,33). The van der Waals surface area contributed by atoms with Crippen LogP contribution in [0.15, 0.2) is 77.7 Å². The number of halogens is 3. The van der Waals surface area contributed by atoms with E-state index in [0.717, 1.165) is 22.2 Å². The molecule has 1 heterocycles. The number of carboxylic acids is 1. The summed E-state index contributed by atoms with van der Waals surface area (Å²) in [5.74, 6) is -0.328. The summed E-state index contributed by atoms with van der Waals surface area (Å²) in [4.78, 5) is 11.1. The Morgan fingerprint density at radius 3 is 2.19 bits per heavy atom. The van der Waals surface area contributed by atoms with Crippen molar-refractivity contribution in [3.63, 3.8) is 0 Å². The van der Waals surface area contributed by atoms with E-state index in [2.05, 4.69) is 0 Å². The van der Waals surface area contributed by atoms with Gasteiger partial charge in [0.25, 0.3) is 10.0 Å². The monoisotopic (exact) mass is 531 g/mol. The number of fused-ring (bicyclic) bond motifs is 1. The molecule has 0 radical (unpaired) electrons. The van der Waals surface area contributed by atoms with Gasteiger partial charge in [-0.3, -0.25) is 0 Å². The van der Waals surface area contributed by atoms with Crippen molar-refractivity contribution in [3.05, 3.63) is 95.2 Å². The van der Waals surface area contributed by atoms with Crippen LogP contribution in [0.4, 0.5) is 13.2 Å². The number of benzene rings is 3. The van der Waals surface area contributed by atoms with E-state index in [-0.39, 0.29) is 39.4 Å². The maximum absolute atomic E-state index is 13.7. The smallest absolute Gasteiger partial charge is 0.416 e. The number of nitrogens with zero attached hydrogens (tertiary/aromatic N) is 1. The van der Waals surface area contributed by atoms with Crippen molar-refractivity contribution in [2.24, 2.45) is 5.92 Å². The van der Waals surface area contributed by atoms with Gasteiger partial charge in [0.2, 0.25) is 0 Å². The Labute approximate surface area is 212 Å². The van der Waals surface area contributed by atoms with Crippen LogP contribution in [0.5, 0.6) is 5.75 Å². The molecule has 37 heavy (non-hydrogen) atoms. The fourth-order valence-electron chi connectivity index (χ4n) is 3.88. The highest BCUT2D eigenvalue weighted by molar-refractivity contribution is 7.90. The number of aromatic nitrogens is 1. The second-order valence-electron chi connectivity index (χ2n) is 9.03. The molecule has 0 saturated heterocycles. The third-order valence-corrected chi connectivity index (χ3v) is 7.47. The van der Waals surface area contributed by atoms with Crippen molar-refractivity contribution >= 4 is 26.9 Å². The lowest BCUT2D eigenvalue weighted by Gasteiger charge is -2.14. The number of hydrogen-bond donors (Lipinski definition) is 1. The Balaban J connectivity index is 1.81. The molecule has 0 aliphatic carbocycles. The predicted molar refractivity (Wildman–Crippen MR) is 133 cm³/mol. The molecule has 0 spiro atoms. The minimum absolute atomic E-state index is 0.0464. The van der Waals surface area contributed by atoms with Crippen molar-refractivity contribution < 1.29 is 36.2 Å². The van der Waals surface area contributed by atoms with Crippen molar-refractivity contribution in [3.8, 4) is 5.75 Å². The lowest BCUT2D eigenvalue weighted by Crippen LogP contribution is -2.16. The molecule has 1 aromatic heterocycles. The number of alkyl halides is 3. The van der Waals surface area contributed by atoms with Crippen LogP contribution in [-0.2, 0) is 22.6 Å². The van der Waals surface area contributed by atoms with Crippen molar-refractivity contribution in [2.75, 3.05) is 6.61 Å². The molecule has 0 fully saturated rings. The van der Waals surface area contributed by atoms with Crippen LogP contribution >= 0.6 is 0 Å². The lowest BCUT2D eigenvalue weighted by atomic mass is 10.1. The largest absolute Gasteiger partial charge is 0.493 e. The average Bonchev–Trinajstić information content (AvgIpc) is 3.20. The molecule has 6 nitrogen and oxygen atoms in total. The summed E-state index contributed by atoms with van der Waals surface area (Å²) >= 11 is 0. The molecule has 0 unspecified atom stereocenters. The number of ether oxygens (including phenoxy) is 1. The molecule has 10 heteroatoms. The maximum Gasteiger partial charge on any atom is 0.416 e. The van der Waals surface area contributed by atoms with E-state index in [1.54, 1.807) is 12.1 Å². The van der Waals surface area contributed by atoms with Gasteiger partial charge in [-0.1, -0.05) is 26.0 Å². The minimum atomic E-state index is -4.59. The molecule has 0 bridgehead atoms. The Morgan fingerprint density at radius 1 is 0.973 bits per heavy atom. The third kappa shape index (κ3) is 5.64. The quantitative estimate of drug-likeness (QED) is 0.292. The van der Waals surface area contributed by atoms with Crippen LogP contribution in [0.25, 0.3) is 10.9 Å². The molecule has 0 saturated carbocycles. The summed E-state index contributed by atoms with van der Waals surface area (Å²) < 4.78 is 74.2. The summed E-state index contributed by atoms with van der Waals surface area (Å²) in [5, 5.41) is 9.24. The molecule has 0 aliphatic rings. The molecular formula is C27H24F3NO5S. The molecule has 3 aromatic carbocycles. The summed E-state index contributed by atoms with van der Waals surface area (Å²) in [5.41, 5.74) is 0.102. The van der Waals surface area contributed by atoms with Gasteiger partial charge in [-0.25, -0.2) is 17.2 Å². The fourth-order valence-corrected chi connectivity index (χ4v) is 5.42. The molecule has 4 aromatic rings. The number of rotatable bonds is 8. The number of hydrogen-bond acceptors (Lipinski definition) is 4. The van der Waals surface area contributed by atoms with E-state index in [4.69, 9.17) is 9.84 Å². The zero-order valence-corrected chi connectivity index (χ0v) is 20.8. The van der Waals surface area contributed by atoms with Gasteiger partial charge >= 0.3 is 12.1 Å². The second kappa shape index (κ2) is 9.93. The van der Waals surface area contributed by atoms with Crippen LogP contribution in [-0.4, -0.2) is 30.1 Å². The highest BCUT2D eigenvalue weighted by atomic mass is 32.2. The Kier molecular flexibility index (Phi) is 7.05. The van der Waals surface area contributed by atoms with Gasteiger partial charge in [0, 0.05) is 17.5 Å². The summed E-state index contributed by atoms with van der Waals surface area (Å²) in [6, 6.07) is 16.0. The van der Waals surface area contributed by atoms with Crippen molar-refractivity contribution in [1.82, 2.24) is 3.97 Å². The van der Waals surface area contributed by atoms with Crippen molar-refractivity contribution in [1.29, 1.82) is 0 Å². The fraction of sp³-hybridized carbons (Fsp3) is 0.222. The van der Waals surface area contributed by atoms with Crippen LogP contribution in [0, 0.1) is 5.92 Å². The molecule has 194 valence electrons. The van der Waals surface area contributed by atoms with Crippen LogP contribution < -0.4 is 4.74 Å². The van der Waals surface area contributed by atoms with E-state index in [1.807, 2.05) is 13.8 Å². The van der Waals surface area contributed by atoms with E-state index in [1.165, 1.54) is 42.5 Å². The van der Waals surface area contributed by atoms with E-state index >= 15 is 0 Å². The van der Waals surface area contributed by atoms with Crippen molar-refractivity contribution in [2.45, 2.75) is 31.3 Å². The SMILES string of the molecule is CC(C)COc1ccc(S(=O)(=O)n2c(Cc3ccc(C(=O)O)cc3)cc3cc(C(F)(F)F)ccc32)cc1. The predicted octanol–water partition coefficient (Wildman–Crippen LogP) is 6.22. The Hall–Kier alpha value is -3.79. The van der Waals surface area contributed by atoms with Gasteiger partial charge in [-0.15, -0.1) is 0 Å². The average molecular weight is 532 g/mol. The normalized spacial score (nSPS) is 12.3. The highest BCUT2D eigenvalue weighted by Gasteiger charge is 2.32. The zero-order valence-electron chi connectivity index (χ0n) is 20.0. The number of carboxylic acid groups (broad SMARTS) is 1. The Morgan fingerprint density at radius 2 is 1.62 bits per heavy atom.